The first-order valence-electron chi connectivity index (χ1n) is 6.77. The third-order valence-electron chi connectivity index (χ3n) is 3.44. The molecule has 0 amide bonds. The number of ketones is 1. The molecule has 0 saturated heterocycles. The summed E-state index contributed by atoms with van der Waals surface area (Å²) in [5.74, 6) is -0.332. The third kappa shape index (κ3) is 2.68. The molecule has 0 spiro atoms. The zero-order valence-electron chi connectivity index (χ0n) is 11.9. The van der Waals surface area contributed by atoms with Gasteiger partial charge >= 0.3 is 0 Å². The Balaban J connectivity index is 2.14. The molecule has 0 unspecified atom stereocenters. The summed E-state index contributed by atoms with van der Waals surface area (Å²) in [7, 11) is 0. The zero-order chi connectivity index (χ0) is 16.4. The van der Waals surface area contributed by atoms with E-state index in [9.17, 15) is 14.9 Å². The van der Waals surface area contributed by atoms with Crippen molar-refractivity contribution in [3.8, 4) is 6.07 Å². The minimum absolute atomic E-state index is 0.0329. The van der Waals surface area contributed by atoms with Gasteiger partial charge in [0, 0.05) is 15.9 Å². The van der Waals surface area contributed by atoms with Crippen molar-refractivity contribution in [2.75, 3.05) is 0 Å². The number of hydrogen-bond acceptors (Lipinski definition) is 5. The highest BCUT2D eigenvalue weighted by Gasteiger charge is 2.24. The molecule has 112 valence electrons. The Kier molecular flexibility index (Phi) is 3.61. The first kappa shape index (κ1) is 14.5. The lowest BCUT2D eigenvalue weighted by molar-refractivity contribution is -0.499. The van der Waals surface area contributed by atoms with Crippen LogP contribution in [0.2, 0.25) is 0 Å². The van der Waals surface area contributed by atoms with Gasteiger partial charge in [-0.1, -0.05) is 18.2 Å². The van der Waals surface area contributed by atoms with Crippen molar-refractivity contribution in [2.45, 2.75) is 6.54 Å². The number of carbonyl (C=O) groups excluding carboxylic acids is 1. The fraction of sp³-hybridized carbons (Fsp3) is 0.0588. The maximum atomic E-state index is 12.8. The average molecular weight is 306 g/mol. The number of nitro groups is 1. The first-order chi connectivity index (χ1) is 11.1. The van der Waals surface area contributed by atoms with Gasteiger partial charge in [0.05, 0.1) is 17.2 Å². The molecule has 0 atom stereocenters. The number of fused-ring (bicyclic) bond motifs is 1. The third-order valence-corrected chi connectivity index (χ3v) is 3.44. The van der Waals surface area contributed by atoms with Crippen molar-refractivity contribution in [3.63, 3.8) is 0 Å². The van der Waals surface area contributed by atoms with E-state index in [1.807, 2.05) is 6.07 Å². The van der Waals surface area contributed by atoms with Gasteiger partial charge in [0.1, 0.15) is 5.58 Å². The summed E-state index contributed by atoms with van der Waals surface area (Å²) in [4.78, 5) is 23.1. The van der Waals surface area contributed by atoms with E-state index >= 15 is 0 Å². The molecule has 1 heterocycles. The van der Waals surface area contributed by atoms with Gasteiger partial charge in [0.25, 0.3) is 6.54 Å². The Morgan fingerprint density at radius 1 is 1.17 bits per heavy atom. The molecule has 0 aliphatic rings. The van der Waals surface area contributed by atoms with Gasteiger partial charge in [-0.2, -0.15) is 5.26 Å². The van der Waals surface area contributed by atoms with Gasteiger partial charge in [-0.3, -0.25) is 14.9 Å². The van der Waals surface area contributed by atoms with E-state index in [-0.39, 0.29) is 17.1 Å². The number of hydrogen-bond donors (Lipinski definition) is 0. The summed E-state index contributed by atoms with van der Waals surface area (Å²) in [5, 5.41) is 20.2. The van der Waals surface area contributed by atoms with Crippen LogP contribution in [0.15, 0.2) is 52.9 Å². The Bertz CT molecular complexity index is 949. The summed E-state index contributed by atoms with van der Waals surface area (Å²) >= 11 is 0. The van der Waals surface area contributed by atoms with Crippen molar-refractivity contribution >= 4 is 16.8 Å². The Hall–Kier alpha value is -3.46. The molecule has 0 fully saturated rings. The molecule has 23 heavy (non-hydrogen) atoms. The summed E-state index contributed by atoms with van der Waals surface area (Å²) in [6.07, 6.45) is 0. The molecule has 0 N–H and O–H groups in total. The molecule has 0 aliphatic carbocycles. The van der Waals surface area contributed by atoms with Crippen LogP contribution >= 0.6 is 0 Å². The summed E-state index contributed by atoms with van der Waals surface area (Å²) in [6, 6.07) is 14.9. The van der Waals surface area contributed by atoms with Crippen LogP contribution in [0.1, 0.15) is 27.2 Å². The lowest BCUT2D eigenvalue weighted by atomic mass is 9.99. The van der Waals surface area contributed by atoms with Gasteiger partial charge in [-0.05, 0) is 30.3 Å². The highest BCUT2D eigenvalue weighted by atomic mass is 16.6. The smallest absolute Gasteiger partial charge is 0.261 e. The molecular weight excluding hydrogens is 296 g/mol. The largest absolute Gasteiger partial charge is 0.453 e. The van der Waals surface area contributed by atoms with Crippen molar-refractivity contribution in [3.05, 3.63) is 81.1 Å². The number of para-hydroxylation sites is 1. The number of furan rings is 1. The summed E-state index contributed by atoms with van der Waals surface area (Å²) < 4.78 is 5.48. The predicted octanol–water partition coefficient (Wildman–Crippen LogP) is 3.31. The van der Waals surface area contributed by atoms with E-state index in [1.54, 1.807) is 24.3 Å². The summed E-state index contributed by atoms with van der Waals surface area (Å²) in [6.45, 7) is -0.563. The Morgan fingerprint density at radius 2 is 1.87 bits per heavy atom. The number of carbonyl (C=O) groups is 1. The quantitative estimate of drug-likeness (QED) is 0.418. The minimum atomic E-state index is -0.563. The zero-order valence-corrected chi connectivity index (χ0v) is 11.9. The van der Waals surface area contributed by atoms with Crippen LogP contribution in [-0.4, -0.2) is 10.7 Å². The van der Waals surface area contributed by atoms with Crippen LogP contribution in [0.5, 0.6) is 0 Å². The predicted molar refractivity (Wildman–Crippen MR) is 81.5 cm³/mol. The van der Waals surface area contributed by atoms with Crippen LogP contribution in [0.3, 0.4) is 0 Å². The number of rotatable bonds is 4. The van der Waals surface area contributed by atoms with E-state index in [0.717, 1.165) is 0 Å². The maximum Gasteiger partial charge on any atom is 0.261 e. The maximum absolute atomic E-state index is 12.8. The molecule has 0 aliphatic heterocycles. The van der Waals surface area contributed by atoms with Crippen LogP contribution in [-0.2, 0) is 6.54 Å². The van der Waals surface area contributed by atoms with Gasteiger partial charge in [-0.15, -0.1) is 0 Å². The second-order valence-corrected chi connectivity index (χ2v) is 4.91. The molecule has 3 rings (SSSR count). The van der Waals surface area contributed by atoms with Crippen molar-refractivity contribution in [1.29, 1.82) is 5.26 Å². The lowest BCUT2D eigenvalue weighted by Gasteiger charge is -2.01. The molecule has 6 nitrogen and oxygen atoms in total. The highest BCUT2D eigenvalue weighted by molar-refractivity contribution is 6.16. The van der Waals surface area contributed by atoms with E-state index in [1.165, 1.54) is 24.3 Å². The highest BCUT2D eigenvalue weighted by Crippen LogP contribution is 2.28. The van der Waals surface area contributed by atoms with Gasteiger partial charge in [-0.25, -0.2) is 0 Å². The first-order valence-corrected chi connectivity index (χ1v) is 6.77. The van der Waals surface area contributed by atoms with Crippen LogP contribution in [0.4, 0.5) is 0 Å². The molecule has 0 saturated carbocycles. The fourth-order valence-electron chi connectivity index (χ4n) is 2.41. The monoisotopic (exact) mass is 306 g/mol. The molecule has 1 aromatic heterocycles. The van der Waals surface area contributed by atoms with E-state index in [2.05, 4.69) is 0 Å². The van der Waals surface area contributed by atoms with Crippen LogP contribution < -0.4 is 0 Å². The van der Waals surface area contributed by atoms with E-state index in [4.69, 9.17) is 9.68 Å². The van der Waals surface area contributed by atoms with E-state index in [0.29, 0.717) is 22.1 Å². The van der Waals surface area contributed by atoms with Gasteiger partial charge in [0.15, 0.2) is 11.5 Å². The van der Waals surface area contributed by atoms with Crippen molar-refractivity contribution in [1.82, 2.24) is 0 Å². The van der Waals surface area contributed by atoms with Crippen molar-refractivity contribution < 1.29 is 14.1 Å². The topological polar surface area (TPSA) is 97.1 Å². The average Bonchev–Trinajstić information content (AvgIpc) is 2.91. The summed E-state index contributed by atoms with van der Waals surface area (Å²) in [5.41, 5.74) is 1.41. The number of nitriles is 1. The molecule has 3 aromatic rings. The number of benzene rings is 2. The molecule has 2 aromatic carbocycles. The second kappa shape index (κ2) is 5.73. The Morgan fingerprint density at radius 3 is 2.52 bits per heavy atom. The van der Waals surface area contributed by atoms with E-state index < -0.39 is 11.5 Å². The van der Waals surface area contributed by atoms with Crippen LogP contribution in [0.25, 0.3) is 11.0 Å². The van der Waals surface area contributed by atoms with Crippen molar-refractivity contribution in [2.24, 2.45) is 0 Å². The van der Waals surface area contributed by atoms with Gasteiger partial charge in [0.2, 0.25) is 0 Å². The fourth-order valence-corrected chi connectivity index (χ4v) is 2.41. The normalized spacial score (nSPS) is 10.4. The number of nitrogens with zero attached hydrogens (tertiary/aromatic N) is 2. The minimum Gasteiger partial charge on any atom is -0.453 e. The lowest BCUT2D eigenvalue weighted by Crippen LogP contribution is -2.07. The Labute approximate surface area is 130 Å². The van der Waals surface area contributed by atoms with Gasteiger partial charge < -0.3 is 4.42 Å². The molecular formula is C17H10N2O4. The van der Waals surface area contributed by atoms with Crippen LogP contribution in [0, 0.1) is 21.4 Å². The molecule has 0 radical (unpaired) electrons. The SMILES string of the molecule is N#Cc1ccc(C(=O)c2c(C[N+](=O)[O-])oc3ccccc23)cc1. The second-order valence-electron chi connectivity index (χ2n) is 4.91. The molecule has 6 heteroatoms. The molecule has 0 bridgehead atoms. The standard InChI is InChI=1S/C17H10N2O4/c18-9-11-5-7-12(8-6-11)17(20)16-13-3-1-2-4-14(13)23-15(16)10-19(21)22/h1-8H,10H2.